The predicted molar refractivity (Wildman–Crippen MR) is 65.7 cm³/mol. The molecule has 2 aromatic heterocycles. The Hall–Kier alpha value is -2.04. The van der Waals surface area contributed by atoms with E-state index in [1.165, 1.54) is 0 Å². The number of rotatable bonds is 1. The van der Waals surface area contributed by atoms with Crippen molar-refractivity contribution in [3.05, 3.63) is 24.2 Å². The SMILES string of the molecule is Cc1ncc2ccc3nnn(C(C)C)c3c2n1. The van der Waals surface area contributed by atoms with Crippen LogP contribution < -0.4 is 0 Å². The lowest BCUT2D eigenvalue weighted by Gasteiger charge is -2.07. The molecule has 0 spiro atoms. The lowest BCUT2D eigenvalue weighted by atomic mass is 10.2. The standard InChI is InChI=1S/C12H13N5/c1-7(2)17-12-10(15-16-17)5-4-9-6-13-8(3)14-11(9)12/h4-7H,1-3H3. The van der Waals surface area contributed by atoms with Crippen LogP contribution in [0.5, 0.6) is 0 Å². The average Bonchev–Trinajstić information content (AvgIpc) is 2.73. The molecular formula is C12H13N5. The summed E-state index contributed by atoms with van der Waals surface area (Å²) >= 11 is 0. The Morgan fingerprint density at radius 2 is 2.06 bits per heavy atom. The molecule has 0 radical (unpaired) electrons. The summed E-state index contributed by atoms with van der Waals surface area (Å²) in [6, 6.07) is 4.21. The largest absolute Gasteiger partial charge is 0.241 e. The molecule has 3 rings (SSSR count). The van der Waals surface area contributed by atoms with Gasteiger partial charge in [0.05, 0.1) is 0 Å². The van der Waals surface area contributed by atoms with E-state index in [2.05, 4.69) is 34.1 Å². The molecule has 0 fully saturated rings. The van der Waals surface area contributed by atoms with Crippen molar-refractivity contribution in [3.8, 4) is 0 Å². The molecule has 5 heteroatoms. The Kier molecular flexibility index (Phi) is 2.07. The summed E-state index contributed by atoms with van der Waals surface area (Å²) in [5.41, 5.74) is 2.79. The van der Waals surface area contributed by atoms with Crippen LogP contribution in [0.4, 0.5) is 0 Å². The van der Waals surface area contributed by atoms with Crippen LogP contribution in [0.1, 0.15) is 25.7 Å². The van der Waals surface area contributed by atoms with E-state index < -0.39 is 0 Å². The summed E-state index contributed by atoms with van der Waals surface area (Å²) in [6.07, 6.45) is 1.84. The Labute approximate surface area is 98.5 Å². The maximum absolute atomic E-state index is 4.51. The van der Waals surface area contributed by atoms with Gasteiger partial charge in [0.2, 0.25) is 0 Å². The smallest absolute Gasteiger partial charge is 0.125 e. The first-order valence-corrected chi connectivity index (χ1v) is 5.64. The van der Waals surface area contributed by atoms with Crippen molar-refractivity contribution in [2.24, 2.45) is 0 Å². The van der Waals surface area contributed by atoms with Crippen LogP contribution in [0.2, 0.25) is 0 Å². The quantitative estimate of drug-likeness (QED) is 0.640. The molecule has 3 aromatic rings. The first kappa shape index (κ1) is 10.1. The first-order valence-electron chi connectivity index (χ1n) is 5.64. The van der Waals surface area contributed by atoms with Gasteiger partial charge in [-0.05, 0) is 32.9 Å². The highest BCUT2D eigenvalue weighted by Crippen LogP contribution is 2.23. The lowest BCUT2D eigenvalue weighted by Crippen LogP contribution is -2.03. The molecule has 0 atom stereocenters. The molecule has 0 aliphatic rings. The molecule has 0 bridgehead atoms. The van der Waals surface area contributed by atoms with Gasteiger partial charge in [0, 0.05) is 17.6 Å². The van der Waals surface area contributed by atoms with Crippen LogP contribution in [0.3, 0.4) is 0 Å². The van der Waals surface area contributed by atoms with Gasteiger partial charge in [0.1, 0.15) is 22.4 Å². The molecule has 0 aliphatic heterocycles. The fourth-order valence-electron chi connectivity index (χ4n) is 1.97. The van der Waals surface area contributed by atoms with Crippen LogP contribution in [0.15, 0.2) is 18.3 Å². The van der Waals surface area contributed by atoms with Crippen molar-refractivity contribution in [1.29, 1.82) is 0 Å². The predicted octanol–water partition coefficient (Wildman–Crippen LogP) is 2.26. The second-order valence-corrected chi connectivity index (χ2v) is 4.42. The van der Waals surface area contributed by atoms with Crippen LogP contribution >= 0.6 is 0 Å². The molecule has 0 aliphatic carbocycles. The van der Waals surface area contributed by atoms with Crippen LogP contribution in [0.25, 0.3) is 21.9 Å². The summed E-state index contributed by atoms with van der Waals surface area (Å²) in [4.78, 5) is 8.72. The van der Waals surface area contributed by atoms with E-state index in [0.29, 0.717) is 0 Å². The molecule has 2 heterocycles. The normalized spacial score (nSPS) is 11.8. The zero-order valence-corrected chi connectivity index (χ0v) is 10.0. The number of aromatic nitrogens is 5. The highest BCUT2D eigenvalue weighted by molar-refractivity contribution is 6.01. The van der Waals surface area contributed by atoms with Crippen LogP contribution in [-0.2, 0) is 0 Å². The van der Waals surface area contributed by atoms with E-state index in [1.54, 1.807) is 0 Å². The third-order valence-corrected chi connectivity index (χ3v) is 2.79. The van der Waals surface area contributed by atoms with Crippen molar-refractivity contribution >= 4 is 21.9 Å². The number of hydrogen-bond donors (Lipinski definition) is 0. The molecule has 17 heavy (non-hydrogen) atoms. The molecule has 86 valence electrons. The second-order valence-electron chi connectivity index (χ2n) is 4.42. The van der Waals surface area contributed by atoms with E-state index in [4.69, 9.17) is 0 Å². The van der Waals surface area contributed by atoms with E-state index in [0.717, 1.165) is 27.8 Å². The van der Waals surface area contributed by atoms with Gasteiger partial charge in [-0.2, -0.15) is 0 Å². The number of nitrogens with zero attached hydrogens (tertiary/aromatic N) is 5. The summed E-state index contributed by atoms with van der Waals surface area (Å²) in [7, 11) is 0. The van der Waals surface area contributed by atoms with Gasteiger partial charge in [0.25, 0.3) is 0 Å². The second kappa shape index (κ2) is 3.48. The summed E-state index contributed by atoms with van der Waals surface area (Å²) in [5.74, 6) is 0.765. The van der Waals surface area contributed by atoms with Gasteiger partial charge in [-0.25, -0.2) is 14.6 Å². The Balaban J connectivity index is 2.51. The van der Waals surface area contributed by atoms with Crippen molar-refractivity contribution in [2.75, 3.05) is 0 Å². The monoisotopic (exact) mass is 227 g/mol. The van der Waals surface area contributed by atoms with Gasteiger partial charge in [-0.15, -0.1) is 5.10 Å². The number of benzene rings is 1. The first-order chi connectivity index (χ1) is 8.16. The number of fused-ring (bicyclic) bond motifs is 3. The molecular weight excluding hydrogens is 214 g/mol. The molecule has 0 saturated heterocycles. The van der Waals surface area contributed by atoms with Gasteiger partial charge >= 0.3 is 0 Å². The van der Waals surface area contributed by atoms with Gasteiger partial charge in [-0.3, -0.25) is 0 Å². The van der Waals surface area contributed by atoms with Gasteiger partial charge in [0.15, 0.2) is 0 Å². The highest BCUT2D eigenvalue weighted by atomic mass is 15.4. The summed E-state index contributed by atoms with van der Waals surface area (Å²) < 4.78 is 1.91. The fraction of sp³-hybridized carbons (Fsp3) is 0.333. The minimum absolute atomic E-state index is 0.265. The topological polar surface area (TPSA) is 56.5 Å². The molecule has 0 saturated carbocycles. The summed E-state index contributed by atoms with van der Waals surface area (Å²) in [5, 5.41) is 9.37. The molecule has 0 amide bonds. The average molecular weight is 227 g/mol. The minimum Gasteiger partial charge on any atom is -0.241 e. The number of hydrogen-bond acceptors (Lipinski definition) is 4. The van der Waals surface area contributed by atoms with Crippen LogP contribution in [0, 0.1) is 6.92 Å². The Morgan fingerprint density at radius 1 is 1.24 bits per heavy atom. The number of aryl methyl sites for hydroxylation is 1. The van der Waals surface area contributed by atoms with Crippen molar-refractivity contribution in [2.45, 2.75) is 26.8 Å². The summed E-state index contributed by atoms with van der Waals surface area (Å²) in [6.45, 7) is 6.06. The Bertz CT molecular complexity index is 699. The molecule has 0 unspecified atom stereocenters. The maximum Gasteiger partial charge on any atom is 0.125 e. The van der Waals surface area contributed by atoms with Crippen molar-refractivity contribution in [1.82, 2.24) is 25.0 Å². The van der Waals surface area contributed by atoms with Gasteiger partial charge in [-0.1, -0.05) is 5.21 Å². The van der Waals surface area contributed by atoms with Crippen molar-refractivity contribution < 1.29 is 0 Å². The van der Waals surface area contributed by atoms with Crippen LogP contribution in [-0.4, -0.2) is 25.0 Å². The minimum atomic E-state index is 0.265. The van der Waals surface area contributed by atoms with E-state index in [9.17, 15) is 0 Å². The molecule has 5 nitrogen and oxygen atoms in total. The Morgan fingerprint density at radius 3 is 2.82 bits per heavy atom. The third kappa shape index (κ3) is 1.46. The third-order valence-electron chi connectivity index (χ3n) is 2.79. The van der Waals surface area contributed by atoms with E-state index in [-0.39, 0.29) is 6.04 Å². The zero-order valence-electron chi connectivity index (χ0n) is 10.0. The lowest BCUT2D eigenvalue weighted by molar-refractivity contribution is 0.531. The highest BCUT2D eigenvalue weighted by Gasteiger charge is 2.12. The molecule has 0 N–H and O–H groups in total. The van der Waals surface area contributed by atoms with Gasteiger partial charge < -0.3 is 0 Å². The zero-order chi connectivity index (χ0) is 12.0. The van der Waals surface area contributed by atoms with E-state index in [1.807, 2.05) is 29.9 Å². The van der Waals surface area contributed by atoms with Crippen molar-refractivity contribution in [3.63, 3.8) is 0 Å². The maximum atomic E-state index is 4.51. The van der Waals surface area contributed by atoms with E-state index >= 15 is 0 Å². The molecule has 1 aromatic carbocycles. The fourth-order valence-corrected chi connectivity index (χ4v) is 1.97.